The number of hydrogen-bond donors (Lipinski definition) is 2. The van der Waals surface area contributed by atoms with Crippen molar-refractivity contribution in [1.29, 1.82) is 0 Å². The van der Waals surface area contributed by atoms with Crippen molar-refractivity contribution >= 4 is 21.6 Å². The molecule has 0 bridgehead atoms. The van der Waals surface area contributed by atoms with Gasteiger partial charge in [0.25, 0.3) is 0 Å². The van der Waals surface area contributed by atoms with E-state index in [0.29, 0.717) is 5.82 Å². The molecule has 0 aromatic carbocycles. The third-order valence-electron chi connectivity index (χ3n) is 2.41. The molecule has 0 spiro atoms. The molecule has 0 saturated heterocycles. The van der Waals surface area contributed by atoms with Crippen molar-refractivity contribution in [2.45, 2.75) is 31.9 Å². The standard InChI is InChI=1S/C10H17N3O3S/c1-4-5-8-6-9(13-12-8)11-10(14)7(2)17(3,15)16/h6-7H,4-5H2,1-3H3,(H2,11,12,13,14). The fraction of sp³-hybridized carbons (Fsp3) is 0.600. The van der Waals surface area contributed by atoms with Gasteiger partial charge in [0.2, 0.25) is 5.91 Å². The Morgan fingerprint density at radius 1 is 1.59 bits per heavy atom. The molecule has 2 N–H and O–H groups in total. The Morgan fingerprint density at radius 2 is 2.24 bits per heavy atom. The Balaban J connectivity index is 2.68. The maximum atomic E-state index is 11.6. The molecule has 17 heavy (non-hydrogen) atoms. The molecular weight excluding hydrogens is 242 g/mol. The fourth-order valence-corrected chi connectivity index (χ4v) is 1.69. The molecule has 1 unspecified atom stereocenters. The summed E-state index contributed by atoms with van der Waals surface area (Å²) < 4.78 is 22.4. The molecule has 0 radical (unpaired) electrons. The van der Waals surface area contributed by atoms with Gasteiger partial charge in [-0.3, -0.25) is 9.89 Å². The molecule has 0 aliphatic rings. The van der Waals surface area contributed by atoms with Crippen molar-refractivity contribution in [3.05, 3.63) is 11.8 Å². The number of aromatic amines is 1. The lowest BCUT2D eigenvalue weighted by molar-refractivity contribution is -0.115. The summed E-state index contributed by atoms with van der Waals surface area (Å²) in [7, 11) is -3.38. The monoisotopic (exact) mass is 259 g/mol. The first-order valence-corrected chi connectivity index (χ1v) is 7.34. The summed E-state index contributed by atoms with van der Waals surface area (Å²) in [4.78, 5) is 11.6. The van der Waals surface area contributed by atoms with E-state index in [2.05, 4.69) is 15.5 Å². The van der Waals surface area contributed by atoms with Gasteiger partial charge in [0, 0.05) is 18.0 Å². The van der Waals surface area contributed by atoms with E-state index in [1.807, 2.05) is 6.92 Å². The van der Waals surface area contributed by atoms with Gasteiger partial charge in [0.1, 0.15) is 5.25 Å². The number of nitrogens with zero attached hydrogens (tertiary/aromatic N) is 1. The van der Waals surface area contributed by atoms with Crippen molar-refractivity contribution in [2.24, 2.45) is 0 Å². The summed E-state index contributed by atoms with van der Waals surface area (Å²) >= 11 is 0. The first-order chi connectivity index (χ1) is 7.84. The van der Waals surface area contributed by atoms with Crippen LogP contribution < -0.4 is 5.32 Å². The molecule has 0 saturated carbocycles. The summed E-state index contributed by atoms with van der Waals surface area (Å²) in [5.74, 6) is -0.212. The van der Waals surface area contributed by atoms with E-state index in [1.165, 1.54) is 6.92 Å². The lowest BCUT2D eigenvalue weighted by atomic mass is 10.2. The van der Waals surface area contributed by atoms with Crippen molar-refractivity contribution in [1.82, 2.24) is 10.2 Å². The summed E-state index contributed by atoms with van der Waals surface area (Å²) in [5, 5.41) is 8.05. The number of carbonyl (C=O) groups excluding carboxylic acids is 1. The van der Waals surface area contributed by atoms with Crippen LogP contribution in [0.3, 0.4) is 0 Å². The lowest BCUT2D eigenvalue weighted by Gasteiger charge is -2.07. The number of amides is 1. The molecule has 1 heterocycles. The first-order valence-electron chi connectivity index (χ1n) is 5.38. The minimum atomic E-state index is -3.38. The second-order valence-electron chi connectivity index (χ2n) is 3.99. The van der Waals surface area contributed by atoms with Crippen LogP contribution in [-0.2, 0) is 21.1 Å². The zero-order valence-electron chi connectivity index (χ0n) is 10.1. The van der Waals surface area contributed by atoms with E-state index in [9.17, 15) is 13.2 Å². The van der Waals surface area contributed by atoms with Crippen LogP contribution in [0.4, 0.5) is 5.82 Å². The van der Waals surface area contributed by atoms with E-state index in [4.69, 9.17) is 0 Å². The molecule has 1 aromatic rings. The normalized spacial score (nSPS) is 13.4. The SMILES string of the molecule is CCCc1cc(NC(=O)C(C)S(C)(=O)=O)n[nH]1. The number of hydrogen-bond acceptors (Lipinski definition) is 4. The van der Waals surface area contributed by atoms with Crippen LogP contribution in [0, 0.1) is 0 Å². The minimum absolute atomic E-state index is 0.356. The van der Waals surface area contributed by atoms with E-state index < -0.39 is 21.0 Å². The third kappa shape index (κ3) is 3.85. The van der Waals surface area contributed by atoms with Crippen LogP contribution in [0.25, 0.3) is 0 Å². The summed E-state index contributed by atoms with van der Waals surface area (Å²) in [6.07, 6.45) is 2.84. The van der Waals surface area contributed by atoms with E-state index in [0.717, 1.165) is 24.8 Å². The van der Waals surface area contributed by atoms with Gasteiger partial charge in [0.05, 0.1) is 0 Å². The van der Waals surface area contributed by atoms with E-state index >= 15 is 0 Å². The Hall–Kier alpha value is -1.37. The van der Waals surface area contributed by atoms with Crippen LogP contribution in [0.1, 0.15) is 26.0 Å². The molecule has 0 aliphatic heterocycles. The van der Waals surface area contributed by atoms with Gasteiger partial charge in [-0.2, -0.15) is 5.10 Å². The molecule has 0 fully saturated rings. The van der Waals surface area contributed by atoms with Crippen molar-refractivity contribution in [2.75, 3.05) is 11.6 Å². The highest BCUT2D eigenvalue weighted by atomic mass is 32.2. The van der Waals surface area contributed by atoms with Crippen LogP contribution in [0.2, 0.25) is 0 Å². The number of aryl methyl sites for hydroxylation is 1. The van der Waals surface area contributed by atoms with Crippen LogP contribution >= 0.6 is 0 Å². The Kier molecular flexibility index (Phi) is 4.28. The molecule has 1 amide bonds. The van der Waals surface area contributed by atoms with E-state index in [-0.39, 0.29) is 0 Å². The Labute approximate surface area is 101 Å². The number of carbonyl (C=O) groups is 1. The summed E-state index contributed by atoms with van der Waals surface area (Å²) in [5.41, 5.74) is 0.912. The molecule has 6 nitrogen and oxygen atoms in total. The zero-order chi connectivity index (χ0) is 13.1. The van der Waals surface area contributed by atoms with Gasteiger partial charge < -0.3 is 5.32 Å². The van der Waals surface area contributed by atoms with Crippen LogP contribution in [-0.4, -0.2) is 36.0 Å². The maximum absolute atomic E-state index is 11.6. The quantitative estimate of drug-likeness (QED) is 0.815. The zero-order valence-corrected chi connectivity index (χ0v) is 11.0. The molecule has 96 valence electrons. The second-order valence-corrected chi connectivity index (χ2v) is 6.36. The van der Waals surface area contributed by atoms with Crippen LogP contribution in [0.15, 0.2) is 6.07 Å². The van der Waals surface area contributed by atoms with Crippen molar-refractivity contribution in [3.8, 4) is 0 Å². The third-order valence-corrected chi connectivity index (χ3v) is 3.91. The molecule has 1 atom stereocenters. The highest BCUT2D eigenvalue weighted by Gasteiger charge is 2.23. The van der Waals surface area contributed by atoms with Crippen molar-refractivity contribution in [3.63, 3.8) is 0 Å². The minimum Gasteiger partial charge on any atom is -0.308 e. The van der Waals surface area contributed by atoms with Gasteiger partial charge >= 0.3 is 0 Å². The summed E-state index contributed by atoms with van der Waals surface area (Å²) in [6.45, 7) is 3.38. The predicted octanol–water partition coefficient (Wildman–Crippen LogP) is 0.734. The topological polar surface area (TPSA) is 91.9 Å². The average Bonchev–Trinajstić information content (AvgIpc) is 2.63. The number of H-pyrrole nitrogens is 1. The van der Waals surface area contributed by atoms with Gasteiger partial charge in [-0.05, 0) is 13.3 Å². The number of sulfone groups is 1. The lowest BCUT2D eigenvalue weighted by Crippen LogP contribution is -2.31. The second kappa shape index (κ2) is 5.31. The molecule has 1 rings (SSSR count). The average molecular weight is 259 g/mol. The maximum Gasteiger partial charge on any atom is 0.243 e. The highest BCUT2D eigenvalue weighted by molar-refractivity contribution is 7.92. The predicted molar refractivity (Wildman–Crippen MR) is 65.5 cm³/mol. The Morgan fingerprint density at radius 3 is 2.76 bits per heavy atom. The largest absolute Gasteiger partial charge is 0.308 e. The Bertz CT molecular complexity index is 493. The molecule has 1 aromatic heterocycles. The van der Waals surface area contributed by atoms with E-state index in [1.54, 1.807) is 6.07 Å². The van der Waals surface area contributed by atoms with Gasteiger partial charge in [0.15, 0.2) is 15.7 Å². The highest BCUT2D eigenvalue weighted by Crippen LogP contribution is 2.09. The van der Waals surface area contributed by atoms with Crippen LogP contribution in [0.5, 0.6) is 0 Å². The number of aromatic nitrogens is 2. The number of anilines is 1. The molecule has 7 heteroatoms. The van der Waals surface area contributed by atoms with Gasteiger partial charge in [-0.1, -0.05) is 13.3 Å². The van der Waals surface area contributed by atoms with Gasteiger partial charge in [-0.15, -0.1) is 0 Å². The van der Waals surface area contributed by atoms with Gasteiger partial charge in [-0.25, -0.2) is 8.42 Å². The van der Waals surface area contributed by atoms with Crippen molar-refractivity contribution < 1.29 is 13.2 Å². The molecule has 0 aliphatic carbocycles. The fourth-order valence-electron chi connectivity index (χ4n) is 1.25. The number of nitrogens with one attached hydrogen (secondary N) is 2. The molecular formula is C10H17N3O3S. The first kappa shape index (κ1) is 13.7. The smallest absolute Gasteiger partial charge is 0.243 e. The summed E-state index contributed by atoms with van der Waals surface area (Å²) in [6, 6.07) is 1.70. The number of rotatable bonds is 5.